The summed E-state index contributed by atoms with van der Waals surface area (Å²) in [6, 6.07) is 11.5. The highest BCUT2D eigenvalue weighted by atomic mass is 35.5. The molecule has 1 aliphatic heterocycles. The van der Waals surface area contributed by atoms with Gasteiger partial charge in [-0.1, -0.05) is 11.6 Å². The number of nitrogens with zero attached hydrogens (tertiary/aromatic N) is 2. The van der Waals surface area contributed by atoms with E-state index in [4.69, 9.17) is 25.8 Å². The van der Waals surface area contributed by atoms with Gasteiger partial charge in [-0.3, -0.25) is 9.48 Å². The van der Waals surface area contributed by atoms with Crippen molar-refractivity contribution in [2.24, 2.45) is 0 Å². The molecule has 8 heteroatoms. The summed E-state index contributed by atoms with van der Waals surface area (Å²) in [7, 11) is 3.26. The Balaban J connectivity index is 1.40. The second kappa shape index (κ2) is 9.53. The topological polar surface area (TPSA) is 74.6 Å². The third-order valence-electron chi connectivity index (χ3n) is 5.44. The van der Waals surface area contributed by atoms with Gasteiger partial charge in [0.1, 0.15) is 23.4 Å². The summed E-state index contributed by atoms with van der Waals surface area (Å²) < 4.78 is 18.7. The molecule has 2 heterocycles. The fraction of sp³-hybridized carbons (Fsp3) is 0.333. The average Bonchev–Trinajstić information content (AvgIpc) is 3.41. The van der Waals surface area contributed by atoms with Gasteiger partial charge in [0.15, 0.2) is 0 Å². The fourth-order valence-corrected chi connectivity index (χ4v) is 4.10. The number of aromatic nitrogens is 2. The largest absolute Gasteiger partial charge is 0.497 e. The zero-order valence-corrected chi connectivity index (χ0v) is 19.1. The van der Waals surface area contributed by atoms with Crippen LogP contribution in [0.4, 0.5) is 0 Å². The first-order chi connectivity index (χ1) is 15.5. The van der Waals surface area contributed by atoms with Crippen LogP contribution in [0, 0.1) is 6.92 Å². The van der Waals surface area contributed by atoms with Crippen molar-refractivity contribution in [3.8, 4) is 28.4 Å². The molecule has 0 saturated carbocycles. The maximum absolute atomic E-state index is 12.2. The van der Waals surface area contributed by atoms with Crippen LogP contribution >= 0.6 is 11.6 Å². The highest BCUT2D eigenvalue weighted by molar-refractivity contribution is 6.32. The van der Waals surface area contributed by atoms with E-state index in [1.807, 2.05) is 43.5 Å². The molecular formula is C24H26ClN3O4. The molecule has 0 spiro atoms. The maximum Gasteiger partial charge on any atom is 0.221 e. The van der Waals surface area contributed by atoms with Gasteiger partial charge in [-0.15, -0.1) is 0 Å². The molecule has 168 valence electrons. The average molecular weight is 456 g/mol. The number of fused-ring (bicyclic) bond motifs is 1. The molecule has 0 radical (unpaired) electrons. The van der Waals surface area contributed by atoms with Crippen LogP contribution in [0.25, 0.3) is 11.1 Å². The lowest BCUT2D eigenvalue weighted by Crippen LogP contribution is -2.34. The van der Waals surface area contributed by atoms with Crippen molar-refractivity contribution in [2.75, 3.05) is 20.8 Å². The molecule has 32 heavy (non-hydrogen) atoms. The van der Waals surface area contributed by atoms with Crippen molar-refractivity contribution < 1.29 is 19.0 Å². The van der Waals surface area contributed by atoms with E-state index >= 15 is 0 Å². The Labute approximate surface area is 192 Å². The summed E-state index contributed by atoms with van der Waals surface area (Å²) in [5.74, 6) is 2.10. The molecule has 1 aromatic heterocycles. The monoisotopic (exact) mass is 455 g/mol. The van der Waals surface area contributed by atoms with Gasteiger partial charge < -0.3 is 19.5 Å². The SMILES string of the molecule is COc1ccc(OC)c(-c2cc(Cl)c3c(c2)CC(CNC(=O)CCn2ccc(C)n2)O3)c1. The Morgan fingerprint density at radius 2 is 2.09 bits per heavy atom. The standard InChI is InChI=1S/C24H26ClN3O4/c1-15-6-8-28(27-15)9-7-23(29)26-14-19-11-17-10-16(12-21(25)24(17)32-19)20-13-18(30-2)4-5-22(20)31-3/h4-6,8,10,12-13,19H,7,9,11,14H2,1-3H3,(H,26,29). The fourth-order valence-electron chi connectivity index (χ4n) is 3.82. The predicted molar refractivity (Wildman–Crippen MR) is 123 cm³/mol. The van der Waals surface area contributed by atoms with Gasteiger partial charge in [0.25, 0.3) is 0 Å². The van der Waals surface area contributed by atoms with E-state index in [9.17, 15) is 4.79 Å². The number of carbonyl (C=O) groups excluding carboxylic acids is 1. The molecule has 0 bridgehead atoms. The molecule has 1 atom stereocenters. The molecule has 1 aliphatic rings. The summed E-state index contributed by atoms with van der Waals surface area (Å²) in [5.41, 5.74) is 3.75. The van der Waals surface area contributed by atoms with E-state index in [-0.39, 0.29) is 12.0 Å². The Kier molecular flexibility index (Phi) is 6.55. The smallest absolute Gasteiger partial charge is 0.221 e. The lowest BCUT2D eigenvalue weighted by atomic mass is 9.99. The van der Waals surface area contributed by atoms with Gasteiger partial charge in [0.2, 0.25) is 5.91 Å². The van der Waals surface area contributed by atoms with Crippen LogP contribution in [0.5, 0.6) is 17.2 Å². The van der Waals surface area contributed by atoms with E-state index in [0.717, 1.165) is 33.9 Å². The molecule has 1 unspecified atom stereocenters. The molecule has 2 aromatic carbocycles. The summed E-state index contributed by atoms with van der Waals surface area (Å²) in [4.78, 5) is 12.2. The van der Waals surface area contributed by atoms with Crippen molar-refractivity contribution in [3.63, 3.8) is 0 Å². The van der Waals surface area contributed by atoms with Crippen molar-refractivity contribution in [3.05, 3.63) is 58.9 Å². The number of halogens is 1. The number of ether oxygens (including phenoxy) is 3. The number of carbonyl (C=O) groups is 1. The van der Waals surface area contributed by atoms with Gasteiger partial charge in [0.05, 0.1) is 31.5 Å². The lowest BCUT2D eigenvalue weighted by Gasteiger charge is -2.13. The molecule has 0 aliphatic carbocycles. The van der Waals surface area contributed by atoms with Crippen molar-refractivity contribution >= 4 is 17.5 Å². The molecule has 4 rings (SSSR count). The first-order valence-electron chi connectivity index (χ1n) is 10.4. The van der Waals surface area contributed by atoms with E-state index < -0.39 is 0 Å². The molecule has 3 aromatic rings. The van der Waals surface area contributed by atoms with Crippen molar-refractivity contribution in [1.82, 2.24) is 15.1 Å². The second-order valence-electron chi connectivity index (χ2n) is 7.73. The third-order valence-corrected chi connectivity index (χ3v) is 5.72. The molecule has 0 fully saturated rings. The number of rotatable bonds is 8. The number of nitrogens with one attached hydrogen (secondary N) is 1. The minimum absolute atomic E-state index is 0.0365. The minimum atomic E-state index is -0.166. The first-order valence-corrected chi connectivity index (χ1v) is 10.8. The van der Waals surface area contributed by atoms with Crippen LogP contribution in [-0.4, -0.2) is 42.6 Å². The molecule has 1 N–H and O–H groups in total. The number of benzene rings is 2. The van der Waals surface area contributed by atoms with Crippen LogP contribution in [0.1, 0.15) is 17.7 Å². The Morgan fingerprint density at radius 1 is 1.25 bits per heavy atom. The van der Waals surface area contributed by atoms with Crippen LogP contribution < -0.4 is 19.5 Å². The summed E-state index contributed by atoms with van der Waals surface area (Å²) in [6.07, 6.45) is 2.73. The summed E-state index contributed by atoms with van der Waals surface area (Å²) in [6.45, 7) is 2.88. The highest BCUT2D eigenvalue weighted by Gasteiger charge is 2.27. The zero-order chi connectivity index (χ0) is 22.7. The molecule has 1 amide bonds. The third kappa shape index (κ3) is 4.83. The van der Waals surface area contributed by atoms with Gasteiger partial charge in [-0.2, -0.15) is 5.10 Å². The first kappa shape index (κ1) is 22.0. The molecule has 7 nitrogen and oxygen atoms in total. The Bertz CT molecular complexity index is 1130. The van der Waals surface area contributed by atoms with Crippen LogP contribution in [0.3, 0.4) is 0 Å². The molecule has 0 saturated heterocycles. The van der Waals surface area contributed by atoms with Gasteiger partial charge >= 0.3 is 0 Å². The van der Waals surface area contributed by atoms with E-state index in [1.54, 1.807) is 18.9 Å². The van der Waals surface area contributed by atoms with Gasteiger partial charge in [-0.05, 0) is 48.9 Å². The van der Waals surface area contributed by atoms with Gasteiger partial charge in [0, 0.05) is 36.7 Å². The van der Waals surface area contributed by atoms with Crippen LogP contribution in [0.2, 0.25) is 5.02 Å². The Morgan fingerprint density at radius 3 is 2.81 bits per heavy atom. The summed E-state index contributed by atoms with van der Waals surface area (Å²) >= 11 is 6.55. The molecular weight excluding hydrogens is 430 g/mol. The van der Waals surface area contributed by atoms with Crippen LogP contribution in [0.15, 0.2) is 42.6 Å². The van der Waals surface area contributed by atoms with Crippen molar-refractivity contribution in [1.29, 1.82) is 0 Å². The second-order valence-corrected chi connectivity index (χ2v) is 8.14. The number of methoxy groups -OCH3 is 2. The number of amides is 1. The van der Waals surface area contributed by atoms with E-state index in [0.29, 0.717) is 36.7 Å². The quantitative estimate of drug-likeness (QED) is 0.555. The minimum Gasteiger partial charge on any atom is -0.497 e. The summed E-state index contributed by atoms with van der Waals surface area (Å²) in [5, 5.41) is 7.78. The predicted octanol–water partition coefficient (Wildman–Crippen LogP) is 4.04. The number of hydrogen-bond donors (Lipinski definition) is 1. The number of aryl methyl sites for hydroxylation is 2. The van der Waals surface area contributed by atoms with Crippen LogP contribution in [-0.2, 0) is 17.8 Å². The number of hydrogen-bond acceptors (Lipinski definition) is 5. The normalized spacial score (nSPS) is 14.6. The highest BCUT2D eigenvalue weighted by Crippen LogP contribution is 2.42. The van der Waals surface area contributed by atoms with Crippen molar-refractivity contribution in [2.45, 2.75) is 32.4 Å². The zero-order valence-electron chi connectivity index (χ0n) is 18.4. The lowest BCUT2D eigenvalue weighted by molar-refractivity contribution is -0.121. The maximum atomic E-state index is 12.2. The van der Waals surface area contributed by atoms with E-state index in [1.165, 1.54) is 0 Å². The Hall–Kier alpha value is -3.19. The van der Waals surface area contributed by atoms with Gasteiger partial charge in [-0.25, -0.2) is 0 Å². The van der Waals surface area contributed by atoms with E-state index in [2.05, 4.69) is 16.5 Å².